The van der Waals surface area contributed by atoms with Crippen LogP contribution in [0.1, 0.15) is 24.8 Å². The van der Waals surface area contributed by atoms with Gasteiger partial charge >= 0.3 is 5.97 Å². The number of aromatic hydroxyl groups is 1. The average Bonchev–Trinajstić information content (AvgIpc) is 3.02. The van der Waals surface area contributed by atoms with E-state index in [9.17, 15) is 15.0 Å². The number of nitrogens with zero attached hydrogens (tertiary/aromatic N) is 3. The SMILES string of the molecule is CC(C)[C@H](C(=O)O)n1c(O)c(C=C2N=c3ccccc3=N2)sc1=S. The second kappa shape index (κ2) is 6.29. The number of fused-ring (bicyclic) bond motifs is 1. The van der Waals surface area contributed by atoms with Crippen LogP contribution in [0, 0.1) is 9.87 Å². The fourth-order valence-corrected chi connectivity index (χ4v) is 3.84. The van der Waals surface area contributed by atoms with E-state index in [1.54, 1.807) is 19.9 Å². The number of rotatable bonds is 4. The molecule has 2 heterocycles. The van der Waals surface area contributed by atoms with Crippen molar-refractivity contribution in [2.24, 2.45) is 15.9 Å². The van der Waals surface area contributed by atoms with Crippen LogP contribution in [0.15, 0.2) is 40.1 Å². The van der Waals surface area contributed by atoms with E-state index in [4.69, 9.17) is 12.2 Å². The molecule has 0 unspecified atom stereocenters. The van der Waals surface area contributed by atoms with Crippen molar-refractivity contribution >= 4 is 35.6 Å². The molecule has 0 spiro atoms. The van der Waals surface area contributed by atoms with E-state index in [1.807, 2.05) is 24.3 Å². The standard InChI is InChI=1S/C16H15N3O3S2/c1-8(2)13(15(21)22)19-14(20)11(24-16(19)23)7-12-17-9-5-3-4-6-10(9)18-12/h3-8,13,20H,1-2H3,(H,21,22)/t13-/m1/s1. The number of carboxylic acids is 1. The molecule has 1 aromatic carbocycles. The molecule has 1 atom stereocenters. The quantitative estimate of drug-likeness (QED) is 0.819. The normalized spacial score (nSPS) is 14.0. The third-order valence-electron chi connectivity index (χ3n) is 3.62. The molecule has 3 rings (SSSR count). The maximum Gasteiger partial charge on any atom is 0.327 e. The Bertz CT molecular complexity index is 981. The van der Waals surface area contributed by atoms with Gasteiger partial charge in [-0.3, -0.25) is 4.57 Å². The molecule has 0 saturated heterocycles. The highest BCUT2D eigenvalue weighted by atomic mass is 32.1. The summed E-state index contributed by atoms with van der Waals surface area (Å²) in [5, 5.41) is 21.4. The number of carbonyl (C=O) groups is 1. The number of aromatic nitrogens is 1. The Kier molecular flexibility index (Phi) is 4.33. The van der Waals surface area contributed by atoms with Gasteiger partial charge in [-0.25, -0.2) is 14.8 Å². The summed E-state index contributed by atoms with van der Waals surface area (Å²) >= 11 is 6.39. The van der Waals surface area contributed by atoms with Gasteiger partial charge in [0.2, 0.25) is 5.88 Å². The number of hydrogen-bond acceptors (Lipinski definition) is 6. The summed E-state index contributed by atoms with van der Waals surface area (Å²) in [6, 6.07) is 6.53. The second-order valence-electron chi connectivity index (χ2n) is 5.67. The highest BCUT2D eigenvalue weighted by molar-refractivity contribution is 7.73. The first-order valence-electron chi connectivity index (χ1n) is 7.29. The molecule has 2 aromatic rings. The van der Waals surface area contributed by atoms with Crippen molar-refractivity contribution in [2.75, 3.05) is 0 Å². The summed E-state index contributed by atoms with van der Waals surface area (Å²) in [4.78, 5) is 20.7. The number of para-hydroxylation sites is 2. The van der Waals surface area contributed by atoms with Crippen LogP contribution in [-0.2, 0) is 4.79 Å². The molecule has 0 fully saturated rings. The third-order valence-corrected chi connectivity index (χ3v) is 4.96. The number of benzene rings is 1. The Labute approximate surface area is 146 Å². The van der Waals surface area contributed by atoms with Crippen LogP contribution in [-0.4, -0.2) is 20.7 Å². The monoisotopic (exact) mass is 361 g/mol. The van der Waals surface area contributed by atoms with Crippen LogP contribution in [0.3, 0.4) is 0 Å². The van der Waals surface area contributed by atoms with Gasteiger partial charge in [-0.1, -0.05) is 26.0 Å². The van der Waals surface area contributed by atoms with Crippen LogP contribution >= 0.6 is 23.6 Å². The molecule has 6 nitrogen and oxygen atoms in total. The maximum absolute atomic E-state index is 11.5. The molecule has 1 aliphatic rings. The van der Waals surface area contributed by atoms with Gasteiger partial charge < -0.3 is 10.2 Å². The van der Waals surface area contributed by atoms with E-state index in [2.05, 4.69) is 9.98 Å². The molecule has 0 radical (unpaired) electrons. The summed E-state index contributed by atoms with van der Waals surface area (Å²) in [7, 11) is 0. The first kappa shape index (κ1) is 16.5. The Morgan fingerprint density at radius 3 is 2.38 bits per heavy atom. The fourth-order valence-electron chi connectivity index (χ4n) is 2.53. The molecule has 0 amide bonds. The van der Waals surface area contributed by atoms with Crippen molar-refractivity contribution in [1.82, 2.24) is 4.57 Å². The number of thiazole rings is 1. The third kappa shape index (κ3) is 2.90. The fraction of sp³-hybridized carbons (Fsp3) is 0.250. The molecule has 8 heteroatoms. The maximum atomic E-state index is 11.5. The van der Waals surface area contributed by atoms with Crippen molar-refractivity contribution in [2.45, 2.75) is 19.9 Å². The van der Waals surface area contributed by atoms with Crippen LogP contribution in [0.2, 0.25) is 0 Å². The molecule has 24 heavy (non-hydrogen) atoms. The molecule has 0 saturated carbocycles. The number of carboxylic acid groups (broad SMARTS) is 1. The van der Waals surface area contributed by atoms with E-state index >= 15 is 0 Å². The lowest BCUT2D eigenvalue weighted by atomic mass is 10.0. The van der Waals surface area contributed by atoms with Crippen molar-refractivity contribution in [3.05, 3.63) is 49.6 Å². The molecule has 124 valence electrons. The Balaban J connectivity index is 2.08. The van der Waals surface area contributed by atoms with E-state index in [0.717, 1.165) is 22.1 Å². The van der Waals surface area contributed by atoms with Crippen molar-refractivity contribution in [1.29, 1.82) is 0 Å². The minimum atomic E-state index is -1.03. The average molecular weight is 361 g/mol. The number of hydrogen-bond donors (Lipinski definition) is 2. The van der Waals surface area contributed by atoms with Gasteiger partial charge in [0.15, 0.2) is 9.78 Å². The van der Waals surface area contributed by atoms with Crippen molar-refractivity contribution in [3.63, 3.8) is 0 Å². The number of aliphatic carboxylic acids is 1. The molecular formula is C16H15N3O3S2. The lowest BCUT2D eigenvalue weighted by Gasteiger charge is -2.18. The van der Waals surface area contributed by atoms with Gasteiger partial charge in [-0.2, -0.15) is 0 Å². The smallest absolute Gasteiger partial charge is 0.327 e. The lowest BCUT2D eigenvalue weighted by molar-refractivity contribution is -0.142. The molecule has 0 aliphatic carbocycles. The molecular weight excluding hydrogens is 346 g/mol. The minimum absolute atomic E-state index is 0.167. The summed E-state index contributed by atoms with van der Waals surface area (Å²) in [5.41, 5.74) is 0. The van der Waals surface area contributed by atoms with Gasteiger partial charge in [0.1, 0.15) is 6.04 Å². The van der Waals surface area contributed by atoms with E-state index in [0.29, 0.717) is 14.7 Å². The zero-order valence-electron chi connectivity index (χ0n) is 13.0. The first-order chi connectivity index (χ1) is 11.4. The molecule has 0 bridgehead atoms. The zero-order valence-corrected chi connectivity index (χ0v) is 14.6. The summed E-state index contributed by atoms with van der Waals surface area (Å²) in [6.07, 6.45) is 1.62. The van der Waals surface area contributed by atoms with E-state index in [-0.39, 0.29) is 11.8 Å². The van der Waals surface area contributed by atoms with Gasteiger partial charge in [0.25, 0.3) is 0 Å². The Morgan fingerprint density at radius 1 is 1.29 bits per heavy atom. The highest BCUT2D eigenvalue weighted by Crippen LogP contribution is 2.34. The van der Waals surface area contributed by atoms with Crippen LogP contribution in [0.5, 0.6) is 5.88 Å². The van der Waals surface area contributed by atoms with E-state index < -0.39 is 12.0 Å². The first-order valence-corrected chi connectivity index (χ1v) is 8.52. The second-order valence-corrected chi connectivity index (χ2v) is 7.34. The van der Waals surface area contributed by atoms with E-state index in [1.165, 1.54) is 4.57 Å². The summed E-state index contributed by atoms with van der Waals surface area (Å²) < 4.78 is 1.58. The minimum Gasteiger partial charge on any atom is -0.493 e. The topological polar surface area (TPSA) is 87.2 Å². The van der Waals surface area contributed by atoms with Crippen LogP contribution < -0.4 is 10.7 Å². The van der Waals surface area contributed by atoms with Crippen molar-refractivity contribution < 1.29 is 15.0 Å². The Morgan fingerprint density at radius 2 is 1.88 bits per heavy atom. The highest BCUT2D eigenvalue weighted by Gasteiger charge is 2.28. The molecule has 2 N–H and O–H groups in total. The van der Waals surface area contributed by atoms with Gasteiger partial charge in [0.05, 0.1) is 15.6 Å². The van der Waals surface area contributed by atoms with Gasteiger partial charge in [-0.15, -0.1) is 11.3 Å². The van der Waals surface area contributed by atoms with Crippen LogP contribution in [0.4, 0.5) is 0 Å². The zero-order chi connectivity index (χ0) is 17.4. The predicted octanol–water partition coefficient (Wildman–Crippen LogP) is 2.52. The predicted molar refractivity (Wildman–Crippen MR) is 93.0 cm³/mol. The largest absolute Gasteiger partial charge is 0.493 e. The summed E-state index contributed by atoms with van der Waals surface area (Å²) in [6.45, 7) is 3.54. The van der Waals surface area contributed by atoms with Crippen LogP contribution in [0.25, 0.3) is 6.08 Å². The lowest BCUT2D eigenvalue weighted by Crippen LogP contribution is -2.23. The Hall–Kier alpha value is -2.32. The molecule has 1 aliphatic heterocycles. The van der Waals surface area contributed by atoms with Crippen molar-refractivity contribution in [3.8, 4) is 5.88 Å². The van der Waals surface area contributed by atoms with Gasteiger partial charge in [-0.05, 0) is 30.3 Å². The summed E-state index contributed by atoms with van der Waals surface area (Å²) in [5.74, 6) is -0.970. The molecule has 1 aromatic heterocycles. The van der Waals surface area contributed by atoms with Gasteiger partial charge in [0, 0.05) is 6.08 Å².